The summed E-state index contributed by atoms with van der Waals surface area (Å²) in [5.74, 6) is 0.632. The number of sulfone groups is 1. The molecule has 0 fully saturated rings. The fourth-order valence-corrected chi connectivity index (χ4v) is 2.41. The maximum Gasteiger partial charge on any atom is 0.175 e. The molecule has 1 aromatic heterocycles. The van der Waals surface area contributed by atoms with Gasteiger partial charge in [0.2, 0.25) is 0 Å². The predicted octanol–water partition coefficient (Wildman–Crippen LogP) is 2.83. The van der Waals surface area contributed by atoms with Crippen LogP contribution in [0.25, 0.3) is 0 Å². The van der Waals surface area contributed by atoms with Gasteiger partial charge in [0.15, 0.2) is 9.84 Å². The monoisotopic (exact) mass is 341 g/mol. The number of hydrogen-bond donors (Lipinski definition) is 0. The van der Waals surface area contributed by atoms with Gasteiger partial charge in [-0.1, -0.05) is 12.1 Å². The van der Waals surface area contributed by atoms with E-state index in [0.29, 0.717) is 17.3 Å². The normalized spacial score (nSPS) is 11.3. The lowest BCUT2D eigenvalue weighted by atomic mass is 10.2. The fraction of sp³-hybridized carbons (Fsp3) is 0.154. The highest BCUT2D eigenvalue weighted by Crippen LogP contribution is 2.16. The molecular formula is C13H12BrNO3S. The summed E-state index contributed by atoms with van der Waals surface area (Å²) in [4.78, 5) is 4.34. The van der Waals surface area contributed by atoms with Gasteiger partial charge in [-0.2, -0.15) is 0 Å². The van der Waals surface area contributed by atoms with Crippen molar-refractivity contribution in [2.45, 2.75) is 11.5 Å². The number of hydrogen-bond acceptors (Lipinski definition) is 4. The van der Waals surface area contributed by atoms with E-state index in [1.54, 1.807) is 36.5 Å². The quantitative estimate of drug-likeness (QED) is 0.802. The van der Waals surface area contributed by atoms with Crippen molar-refractivity contribution in [1.29, 1.82) is 0 Å². The average molecular weight is 342 g/mol. The molecule has 0 unspecified atom stereocenters. The van der Waals surface area contributed by atoms with E-state index < -0.39 is 9.84 Å². The van der Waals surface area contributed by atoms with Crippen LogP contribution in [-0.4, -0.2) is 19.7 Å². The molecule has 0 aliphatic rings. The number of halogens is 1. The second kappa shape index (κ2) is 5.71. The average Bonchev–Trinajstić information content (AvgIpc) is 2.37. The third-order valence-electron chi connectivity index (χ3n) is 2.43. The van der Waals surface area contributed by atoms with E-state index >= 15 is 0 Å². The smallest absolute Gasteiger partial charge is 0.175 e. The van der Waals surface area contributed by atoms with Crippen LogP contribution in [0.5, 0.6) is 5.75 Å². The van der Waals surface area contributed by atoms with E-state index in [4.69, 9.17) is 4.74 Å². The van der Waals surface area contributed by atoms with E-state index in [1.165, 1.54) is 6.26 Å². The number of benzene rings is 1. The number of nitrogens with zero attached hydrogens (tertiary/aromatic N) is 1. The van der Waals surface area contributed by atoms with Gasteiger partial charge in [0, 0.05) is 6.26 Å². The van der Waals surface area contributed by atoms with Gasteiger partial charge in [-0.05, 0) is 45.8 Å². The van der Waals surface area contributed by atoms with E-state index in [2.05, 4.69) is 20.9 Å². The lowest BCUT2D eigenvalue weighted by molar-refractivity contribution is 0.304. The van der Waals surface area contributed by atoms with Crippen molar-refractivity contribution in [2.75, 3.05) is 6.26 Å². The summed E-state index contributed by atoms with van der Waals surface area (Å²) in [5.41, 5.74) is 0.797. The highest BCUT2D eigenvalue weighted by atomic mass is 79.9. The van der Waals surface area contributed by atoms with Gasteiger partial charge in [-0.25, -0.2) is 13.4 Å². The fourth-order valence-electron chi connectivity index (χ4n) is 1.48. The van der Waals surface area contributed by atoms with Crippen LogP contribution in [0, 0.1) is 0 Å². The molecule has 0 N–H and O–H groups in total. The lowest BCUT2D eigenvalue weighted by Gasteiger charge is -2.07. The molecule has 1 heterocycles. The molecule has 1 aromatic carbocycles. The molecule has 4 nitrogen and oxygen atoms in total. The second-order valence-corrected chi connectivity index (χ2v) is 6.85. The minimum atomic E-state index is -3.19. The van der Waals surface area contributed by atoms with Crippen LogP contribution in [-0.2, 0) is 16.4 Å². The van der Waals surface area contributed by atoms with Crippen LogP contribution in [0.2, 0.25) is 0 Å². The first-order chi connectivity index (χ1) is 8.95. The van der Waals surface area contributed by atoms with E-state index in [1.807, 2.05) is 6.07 Å². The molecule has 19 heavy (non-hydrogen) atoms. The van der Waals surface area contributed by atoms with Crippen LogP contribution < -0.4 is 4.74 Å². The molecule has 0 spiro atoms. The predicted molar refractivity (Wildman–Crippen MR) is 75.8 cm³/mol. The molecule has 2 aromatic rings. The lowest BCUT2D eigenvalue weighted by Crippen LogP contribution is -2.00. The number of pyridine rings is 1. The third kappa shape index (κ3) is 4.04. The largest absolute Gasteiger partial charge is 0.487 e. The molecule has 0 atom stereocenters. The summed E-state index contributed by atoms with van der Waals surface area (Å²) in [6.07, 6.45) is 2.79. The first-order valence-corrected chi connectivity index (χ1v) is 8.17. The Hall–Kier alpha value is -1.40. The summed E-state index contributed by atoms with van der Waals surface area (Å²) >= 11 is 3.24. The molecule has 0 aliphatic heterocycles. The van der Waals surface area contributed by atoms with Crippen LogP contribution in [0.3, 0.4) is 0 Å². The molecule has 6 heteroatoms. The Morgan fingerprint density at radius 2 is 2.05 bits per heavy atom. The zero-order chi connectivity index (χ0) is 13.9. The Morgan fingerprint density at radius 3 is 2.68 bits per heavy atom. The first-order valence-electron chi connectivity index (χ1n) is 5.48. The summed E-state index contributed by atoms with van der Waals surface area (Å²) < 4.78 is 29.2. The summed E-state index contributed by atoms with van der Waals surface area (Å²) in [6, 6.07) is 10.3. The first kappa shape index (κ1) is 14.0. The summed E-state index contributed by atoms with van der Waals surface area (Å²) in [7, 11) is -3.19. The Balaban J connectivity index is 2.10. The van der Waals surface area contributed by atoms with Crippen molar-refractivity contribution in [2.24, 2.45) is 0 Å². The Bertz CT molecular complexity index is 669. The van der Waals surface area contributed by atoms with E-state index in [-0.39, 0.29) is 0 Å². The van der Waals surface area contributed by atoms with Gasteiger partial charge >= 0.3 is 0 Å². The van der Waals surface area contributed by atoms with E-state index in [9.17, 15) is 8.42 Å². The molecule has 2 rings (SSSR count). The van der Waals surface area contributed by atoms with Gasteiger partial charge in [-0.15, -0.1) is 0 Å². The summed E-state index contributed by atoms with van der Waals surface area (Å²) in [5, 5.41) is 0. The van der Waals surface area contributed by atoms with Crippen molar-refractivity contribution < 1.29 is 13.2 Å². The van der Waals surface area contributed by atoms with Crippen LogP contribution in [0.4, 0.5) is 0 Å². The minimum Gasteiger partial charge on any atom is -0.487 e. The molecule has 0 amide bonds. The second-order valence-electron chi connectivity index (χ2n) is 4.02. The van der Waals surface area contributed by atoms with Crippen molar-refractivity contribution in [3.8, 4) is 5.75 Å². The molecule has 0 saturated carbocycles. The standard InChI is InChI=1S/C13H12BrNO3S/c1-19(16,17)12-4-2-3-10(7-12)9-18-11-5-6-13(14)15-8-11/h2-8H,9H2,1H3. The zero-order valence-electron chi connectivity index (χ0n) is 10.2. The number of ether oxygens (including phenoxy) is 1. The Morgan fingerprint density at radius 1 is 1.26 bits per heavy atom. The van der Waals surface area contributed by atoms with Crippen LogP contribution >= 0.6 is 15.9 Å². The third-order valence-corrected chi connectivity index (χ3v) is 4.01. The van der Waals surface area contributed by atoms with Crippen molar-refractivity contribution in [1.82, 2.24) is 4.98 Å². The zero-order valence-corrected chi connectivity index (χ0v) is 12.6. The highest BCUT2D eigenvalue weighted by molar-refractivity contribution is 9.10. The maximum atomic E-state index is 11.4. The SMILES string of the molecule is CS(=O)(=O)c1cccc(COc2ccc(Br)nc2)c1. The van der Waals surface area contributed by atoms with Crippen molar-refractivity contribution >= 4 is 25.8 Å². The molecule has 100 valence electrons. The molecule has 0 radical (unpaired) electrons. The maximum absolute atomic E-state index is 11.4. The molecular weight excluding hydrogens is 330 g/mol. The minimum absolute atomic E-state index is 0.294. The van der Waals surface area contributed by atoms with Gasteiger partial charge < -0.3 is 4.74 Å². The van der Waals surface area contributed by atoms with Crippen molar-refractivity contribution in [3.63, 3.8) is 0 Å². The van der Waals surface area contributed by atoms with Crippen LogP contribution in [0.1, 0.15) is 5.56 Å². The van der Waals surface area contributed by atoms with Gasteiger partial charge in [0.25, 0.3) is 0 Å². The van der Waals surface area contributed by atoms with Gasteiger partial charge in [-0.3, -0.25) is 0 Å². The number of rotatable bonds is 4. The van der Waals surface area contributed by atoms with Crippen molar-refractivity contribution in [3.05, 3.63) is 52.8 Å². The Kier molecular flexibility index (Phi) is 4.21. The summed E-state index contributed by atoms with van der Waals surface area (Å²) in [6.45, 7) is 0.298. The molecule has 0 bridgehead atoms. The van der Waals surface area contributed by atoms with Gasteiger partial charge in [0.1, 0.15) is 17.0 Å². The Labute approximate surface area is 120 Å². The van der Waals surface area contributed by atoms with Gasteiger partial charge in [0.05, 0.1) is 11.1 Å². The molecule has 0 aliphatic carbocycles. The van der Waals surface area contributed by atoms with E-state index in [0.717, 1.165) is 10.2 Å². The number of aromatic nitrogens is 1. The van der Waals surface area contributed by atoms with Crippen LogP contribution in [0.15, 0.2) is 52.1 Å². The topological polar surface area (TPSA) is 56.3 Å². The molecule has 0 saturated heterocycles. The highest BCUT2D eigenvalue weighted by Gasteiger charge is 2.07.